The second-order valence-electron chi connectivity index (χ2n) is 5.93. The van der Waals surface area contributed by atoms with E-state index < -0.39 is 0 Å². The van der Waals surface area contributed by atoms with Crippen LogP contribution in [-0.2, 0) is 11.2 Å². The van der Waals surface area contributed by atoms with Gasteiger partial charge in [0, 0.05) is 29.3 Å². The van der Waals surface area contributed by atoms with Gasteiger partial charge in [-0.15, -0.1) is 11.3 Å². The van der Waals surface area contributed by atoms with E-state index >= 15 is 0 Å². The number of anilines is 1. The van der Waals surface area contributed by atoms with E-state index in [0.29, 0.717) is 10.7 Å². The lowest BCUT2D eigenvalue weighted by atomic mass is 10.1. The summed E-state index contributed by atoms with van der Waals surface area (Å²) in [7, 11) is 0. The Balaban J connectivity index is 1.55. The number of nitrogens with zero attached hydrogens (tertiary/aromatic N) is 1. The Morgan fingerprint density at radius 3 is 2.42 bits per heavy atom. The highest BCUT2D eigenvalue weighted by molar-refractivity contribution is 7.14. The highest BCUT2D eigenvalue weighted by Crippen LogP contribution is 2.25. The lowest BCUT2D eigenvalue weighted by Gasteiger charge is -2.02. The molecule has 4 nitrogen and oxygen atoms in total. The van der Waals surface area contributed by atoms with Crippen LogP contribution in [0.4, 0.5) is 5.13 Å². The number of benzene rings is 2. The fourth-order valence-corrected chi connectivity index (χ4v) is 3.29. The van der Waals surface area contributed by atoms with Crippen molar-refractivity contribution in [2.75, 3.05) is 5.32 Å². The second kappa shape index (κ2) is 8.54. The van der Waals surface area contributed by atoms with Crippen LogP contribution in [0, 0.1) is 0 Å². The quantitative estimate of drug-likeness (QED) is 0.602. The van der Waals surface area contributed by atoms with Crippen molar-refractivity contribution in [3.05, 3.63) is 71.1 Å². The molecule has 0 radical (unpaired) electrons. The van der Waals surface area contributed by atoms with Gasteiger partial charge in [0.2, 0.25) is 5.91 Å². The number of thiazole rings is 1. The van der Waals surface area contributed by atoms with Gasteiger partial charge < -0.3 is 5.32 Å². The van der Waals surface area contributed by atoms with Gasteiger partial charge in [0.25, 0.3) is 0 Å². The number of amides is 1. The van der Waals surface area contributed by atoms with Crippen molar-refractivity contribution in [2.45, 2.75) is 26.2 Å². The SMILES string of the molecule is CCc1ccc(-c2csc(NC(=O)CCC(=O)c3ccccc3)n2)cc1. The number of hydrogen-bond donors (Lipinski definition) is 1. The van der Waals surface area contributed by atoms with E-state index in [4.69, 9.17) is 0 Å². The van der Waals surface area contributed by atoms with E-state index in [0.717, 1.165) is 17.7 Å². The normalized spacial score (nSPS) is 10.5. The Morgan fingerprint density at radius 2 is 1.73 bits per heavy atom. The highest BCUT2D eigenvalue weighted by atomic mass is 32.1. The Labute approximate surface area is 156 Å². The van der Waals surface area contributed by atoms with Crippen LogP contribution in [0.15, 0.2) is 60.0 Å². The van der Waals surface area contributed by atoms with E-state index in [1.807, 2.05) is 35.7 Å². The Bertz CT molecular complexity index is 886. The zero-order valence-electron chi connectivity index (χ0n) is 14.6. The van der Waals surface area contributed by atoms with Gasteiger partial charge >= 0.3 is 0 Å². The fraction of sp³-hybridized carbons (Fsp3) is 0.190. The lowest BCUT2D eigenvalue weighted by Crippen LogP contribution is -2.13. The molecule has 3 rings (SSSR count). The third kappa shape index (κ3) is 4.64. The summed E-state index contributed by atoms with van der Waals surface area (Å²) in [5.41, 5.74) is 3.78. The maximum atomic E-state index is 12.1. The first-order chi connectivity index (χ1) is 12.7. The van der Waals surface area contributed by atoms with Crippen molar-refractivity contribution in [1.82, 2.24) is 4.98 Å². The molecule has 26 heavy (non-hydrogen) atoms. The molecule has 2 aromatic carbocycles. The maximum absolute atomic E-state index is 12.1. The molecule has 3 aromatic rings. The average Bonchev–Trinajstić information content (AvgIpc) is 3.15. The number of nitrogens with one attached hydrogen (secondary N) is 1. The molecule has 0 fully saturated rings. The van der Waals surface area contributed by atoms with Crippen LogP contribution < -0.4 is 5.32 Å². The van der Waals surface area contributed by atoms with E-state index in [1.54, 1.807) is 12.1 Å². The van der Waals surface area contributed by atoms with E-state index in [1.165, 1.54) is 16.9 Å². The number of hydrogen-bond acceptors (Lipinski definition) is 4. The van der Waals surface area contributed by atoms with Crippen molar-refractivity contribution in [2.24, 2.45) is 0 Å². The number of rotatable bonds is 7. The summed E-state index contributed by atoms with van der Waals surface area (Å²) in [6, 6.07) is 17.3. The number of ketones is 1. The minimum Gasteiger partial charge on any atom is -0.302 e. The first-order valence-corrected chi connectivity index (χ1v) is 9.46. The predicted molar refractivity (Wildman–Crippen MR) is 106 cm³/mol. The second-order valence-corrected chi connectivity index (χ2v) is 6.78. The largest absolute Gasteiger partial charge is 0.302 e. The Morgan fingerprint density at radius 1 is 1.00 bits per heavy atom. The number of carbonyl (C=O) groups excluding carboxylic acids is 2. The number of aromatic nitrogens is 1. The van der Waals surface area contributed by atoms with Crippen LogP contribution in [0.25, 0.3) is 11.3 Å². The van der Waals surface area contributed by atoms with E-state index in [9.17, 15) is 9.59 Å². The Hall–Kier alpha value is -2.79. The highest BCUT2D eigenvalue weighted by Gasteiger charge is 2.11. The molecule has 0 aliphatic heterocycles. The molecule has 0 saturated heterocycles. The minimum absolute atomic E-state index is 0.0309. The maximum Gasteiger partial charge on any atom is 0.226 e. The molecule has 0 unspecified atom stereocenters. The lowest BCUT2D eigenvalue weighted by molar-refractivity contribution is -0.116. The zero-order valence-corrected chi connectivity index (χ0v) is 15.4. The molecule has 1 aromatic heterocycles. The van der Waals surface area contributed by atoms with Crippen LogP contribution in [0.1, 0.15) is 35.7 Å². The van der Waals surface area contributed by atoms with Crippen molar-refractivity contribution < 1.29 is 9.59 Å². The summed E-state index contributed by atoms with van der Waals surface area (Å²) in [6.45, 7) is 2.12. The zero-order chi connectivity index (χ0) is 18.4. The minimum atomic E-state index is -0.198. The monoisotopic (exact) mass is 364 g/mol. The molecule has 0 bridgehead atoms. The number of Topliss-reactive ketones (excluding diaryl/α,β-unsaturated/α-hetero) is 1. The van der Waals surface area contributed by atoms with Gasteiger partial charge in [0.05, 0.1) is 5.69 Å². The predicted octanol–water partition coefficient (Wildman–Crippen LogP) is 4.97. The smallest absolute Gasteiger partial charge is 0.226 e. The molecule has 0 spiro atoms. The summed E-state index contributed by atoms with van der Waals surface area (Å²) in [4.78, 5) is 28.6. The third-order valence-corrected chi connectivity index (χ3v) is 4.84. The van der Waals surface area contributed by atoms with Gasteiger partial charge in [-0.2, -0.15) is 0 Å². The summed E-state index contributed by atoms with van der Waals surface area (Å²) in [5, 5.41) is 5.25. The molecular formula is C21H20N2O2S. The summed E-state index contributed by atoms with van der Waals surface area (Å²) in [6.07, 6.45) is 1.33. The van der Waals surface area contributed by atoms with Gasteiger partial charge in [-0.1, -0.05) is 61.5 Å². The van der Waals surface area contributed by atoms with Crippen LogP contribution in [0.2, 0.25) is 0 Å². The first kappa shape index (κ1) is 18.0. The molecule has 1 amide bonds. The molecule has 1 N–H and O–H groups in total. The third-order valence-electron chi connectivity index (χ3n) is 4.08. The van der Waals surface area contributed by atoms with Gasteiger partial charge in [-0.25, -0.2) is 4.98 Å². The average molecular weight is 364 g/mol. The van der Waals surface area contributed by atoms with Gasteiger partial charge in [-0.05, 0) is 12.0 Å². The van der Waals surface area contributed by atoms with E-state index in [2.05, 4.69) is 29.4 Å². The fourth-order valence-electron chi connectivity index (χ4n) is 2.55. The van der Waals surface area contributed by atoms with Crippen molar-refractivity contribution in [3.8, 4) is 11.3 Å². The van der Waals surface area contributed by atoms with Crippen molar-refractivity contribution >= 4 is 28.2 Å². The molecule has 0 saturated carbocycles. The number of aryl methyl sites for hydroxylation is 1. The molecule has 0 aliphatic carbocycles. The van der Waals surface area contributed by atoms with Gasteiger partial charge in [0.1, 0.15) is 0 Å². The Kier molecular flexibility index (Phi) is 5.92. The molecular weight excluding hydrogens is 344 g/mol. The summed E-state index contributed by atoms with van der Waals surface area (Å²) >= 11 is 1.39. The molecule has 5 heteroatoms. The summed E-state index contributed by atoms with van der Waals surface area (Å²) < 4.78 is 0. The van der Waals surface area contributed by atoms with Crippen LogP contribution in [-0.4, -0.2) is 16.7 Å². The molecule has 0 atom stereocenters. The summed E-state index contributed by atoms with van der Waals surface area (Å²) in [5.74, 6) is -0.229. The molecule has 0 aliphatic rings. The van der Waals surface area contributed by atoms with Gasteiger partial charge in [-0.3, -0.25) is 9.59 Å². The molecule has 1 heterocycles. The first-order valence-electron chi connectivity index (χ1n) is 8.58. The van der Waals surface area contributed by atoms with E-state index in [-0.39, 0.29) is 24.5 Å². The molecule has 132 valence electrons. The van der Waals surface area contributed by atoms with Crippen LogP contribution in [0.3, 0.4) is 0 Å². The van der Waals surface area contributed by atoms with Crippen molar-refractivity contribution in [3.63, 3.8) is 0 Å². The number of carbonyl (C=O) groups is 2. The van der Waals surface area contributed by atoms with Crippen LogP contribution >= 0.6 is 11.3 Å². The topological polar surface area (TPSA) is 59.1 Å². The van der Waals surface area contributed by atoms with Crippen molar-refractivity contribution in [1.29, 1.82) is 0 Å². The van der Waals surface area contributed by atoms with Gasteiger partial charge in [0.15, 0.2) is 10.9 Å². The standard InChI is InChI=1S/C21H20N2O2S/c1-2-15-8-10-16(11-9-15)18-14-26-21(22-18)23-20(25)13-12-19(24)17-6-4-3-5-7-17/h3-11,14H,2,12-13H2,1H3,(H,22,23,25). The van der Waals surface area contributed by atoms with Crippen LogP contribution in [0.5, 0.6) is 0 Å².